The van der Waals surface area contributed by atoms with Gasteiger partial charge in [0, 0.05) is 25.0 Å². The first-order valence-electron chi connectivity index (χ1n) is 7.39. The van der Waals surface area contributed by atoms with Crippen molar-refractivity contribution in [1.29, 1.82) is 0 Å². The summed E-state index contributed by atoms with van der Waals surface area (Å²) in [6, 6.07) is -0.235. The highest BCUT2D eigenvalue weighted by Gasteiger charge is 2.31. The van der Waals surface area contributed by atoms with Crippen molar-refractivity contribution >= 4 is 17.9 Å². The van der Waals surface area contributed by atoms with Gasteiger partial charge in [0.2, 0.25) is 5.91 Å². The van der Waals surface area contributed by atoms with Crippen LogP contribution in [0.2, 0.25) is 0 Å². The van der Waals surface area contributed by atoms with Crippen LogP contribution >= 0.6 is 0 Å². The minimum absolute atomic E-state index is 0.0758. The van der Waals surface area contributed by atoms with E-state index in [-0.39, 0.29) is 36.4 Å². The minimum atomic E-state index is -0.831. The molecule has 1 saturated heterocycles. The molecule has 1 aliphatic heterocycles. The van der Waals surface area contributed by atoms with Crippen molar-refractivity contribution in [1.82, 2.24) is 10.2 Å². The minimum Gasteiger partial charge on any atom is -0.481 e. The Balaban J connectivity index is 2.45. The summed E-state index contributed by atoms with van der Waals surface area (Å²) >= 11 is 0. The maximum Gasteiger partial charge on any atom is 0.317 e. The first-order valence-corrected chi connectivity index (χ1v) is 7.39. The number of nitrogens with one attached hydrogen (secondary N) is 1. The van der Waals surface area contributed by atoms with Crippen LogP contribution in [0.1, 0.15) is 46.0 Å². The summed E-state index contributed by atoms with van der Waals surface area (Å²) in [6.45, 7) is 4.15. The summed E-state index contributed by atoms with van der Waals surface area (Å²) in [7, 11) is 0. The number of nitrogens with two attached hydrogens (primary N) is 1. The van der Waals surface area contributed by atoms with Crippen LogP contribution in [-0.2, 0) is 9.59 Å². The van der Waals surface area contributed by atoms with Crippen molar-refractivity contribution in [3.8, 4) is 0 Å². The molecule has 0 saturated carbocycles. The zero-order chi connectivity index (χ0) is 16.0. The molecule has 0 spiro atoms. The summed E-state index contributed by atoms with van der Waals surface area (Å²) in [5.41, 5.74) is 5.32. The molecule has 0 radical (unpaired) electrons. The van der Waals surface area contributed by atoms with E-state index in [4.69, 9.17) is 10.8 Å². The summed E-state index contributed by atoms with van der Waals surface area (Å²) in [5, 5.41) is 11.4. The molecule has 21 heavy (non-hydrogen) atoms. The molecule has 1 aliphatic rings. The Labute approximate surface area is 124 Å². The van der Waals surface area contributed by atoms with Gasteiger partial charge in [-0.05, 0) is 39.5 Å². The van der Waals surface area contributed by atoms with Gasteiger partial charge in [-0.25, -0.2) is 4.79 Å². The molecule has 1 heterocycles. The van der Waals surface area contributed by atoms with E-state index in [1.54, 1.807) is 4.90 Å². The smallest absolute Gasteiger partial charge is 0.317 e. The molecule has 3 atom stereocenters. The number of rotatable bonds is 6. The maximum atomic E-state index is 12.2. The number of amides is 3. The quantitative estimate of drug-likeness (QED) is 0.677. The highest BCUT2D eigenvalue weighted by atomic mass is 16.4. The monoisotopic (exact) mass is 299 g/mol. The first-order chi connectivity index (χ1) is 9.81. The van der Waals surface area contributed by atoms with E-state index in [0.29, 0.717) is 25.8 Å². The molecular formula is C14H25N3O4. The van der Waals surface area contributed by atoms with Gasteiger partial charge >= 0.3 is 12.0 Å². The van der Waals surface area contributed by atoms with Gasteiger partial charge in [0.25, 0.3) is 0 Å². The number of nitrogens with zero attached hydrogens (tertiary/aromatic N) is 1. The topological polar surface area (TPSA) is 113 Å². The van der Waals surface area contributed by atoms with Crippen LogP contribution in [0.3, 0.4) is 0 Å². The van der Waals surface area contributed by atoms with Crippen molar-refractivity contribution in [2.75, 3.05) is 6.54 Å². The summed E-state index contributed by atoms with van der Waals surface area (Å²) in [4.78, 5) is 35.6. The molecular weight excluding hydrogens is 274 g/mol. The second kappa shape index (κ2) is 7.85. The van der Waals surface area contributed by atoms with Crippen molar-refractivity contribution in [3.05, 3.63) is 0 Å². The summed E-state index contributed by atoms with van der Waals surface area (Å²) < 4.78 is 0. The molecule has 7 nitrogen and oxygen atoms in total. The molecule has 1 fully saturated rings. The number of carboxylic acids is 1. The third-order valence-corrected chi connectivity index (χ3v) is 3.94. The maximum absolute atomic E-state index is 12.2. The van der Waals surface area contributed by atoms with Crippen LogP contribution in [0.5, 0.6) is 0 Å². The highest BCUT2D eigenvalue weighted by Crippen LogP contribution is 2.21. The summed E-state index contributed by atoms with van der Waals surface area (Å²) in [6.07, 6.45) is 2.71. The highest BCUT2D eigenvalue weighted by molar-refractivity contribution is 5.79. The van der Waals surface area contributed by atoms with Crippen molar-refractivity contribution in [2.24, 2.45) is 11.7 Å². The van der Waals surface area contributed by atoms with Crippen LogP contribution in [0.15, 0.2) is 0 Å². The lowest BCUT2D eigenvalue weighted by atomic mass is 9.93. The van der Waals surface area contributed by atoms with Crippen LogP contribution < -0.4 is 11.1 Å². The van der Waals surface area contributed by atoms with E-state index >= 15 is 0 Å². The normalized spacial score (nSPS) is 23.4. The standard InChI is InChI=1S/C14H25N3O4/c1-9(4-3-5-12(18)19)16-14(21)17-8-11(13(15)20)7-6-10(17)2/h9-11H,3-8H2,1-2H3,(H2,15,20)(H,16,21)(H,18,19). The molecule has 120 valence electrons. The predicted octanol–water partition coefficient (Wildman–Crippen LogP) is 0.925. The van der Waals surface area contributed by atoms with Gasteiger partial charge in [0.05, 0.1) is 5.92 Å². The number of carboxylic acid groups (broad SMARTS) is 1. The second-order valence-electron chi connectivity index (χ2n) is 5.81. The van der Waals surface area contributed by atoms with Crippen molar-refractivity contribution < 1.29 is 19.5 Å². The van der Waals surface area contributed by atoms with Gasteiger partial charge in [-0.3, -0.25) is 9.59 Å². The Morgan fingerprint density at radius 1 is 1.38 bits per heavy atom. The Morgan fingerprint density at radius 2 is 2.05 bits per heavy atom. The lowest BCUT2D eigenvalue weighted by Gasteiger charge is -2.37. The third-order valence-electron chi connectivity index (χ3n) is 3.94. The lowest BCUT2D eigenvalue weighted by Crippen LogP contribution is -2.53. The number of likely N-dealkylation sites (tertiary alicyclic amines) is 1. The Morgan fingerprint density at radius 3 is 2.62 bits per heavy atom. The van der Waals surface area contributed by atoms with Crippen LogP contribution in [0.4, 0.5) is 4.79 Å². The first kappa shape index (κ1) is 17.3. The van der Waals surface area contributed by atoms with Crippen molar-refractivity contribution in [3.63, 3.8) is 0 Å². The molecule has 3 unspecified atom stereocenters. The van der Waals surface area contributed by atoms with Gasteiger partial charge in [-0.1, -0.05) is 0 Å². The molecule has 0 aromatic carbocycles. The summed E-state index contributed by atoms with van der Waals surface area (Å²) in [5.74, 6) is -1.48. The molecule has 0 aromatic rings. The number of carbonyl (C=O) groups excluding carboxylic acids is 2. The number of primary amides is 1. The molecule has 0 bridgehead atoms. The van der Waals surface area contributed by atoms with Gasteiger partial charge in [-0.15, -0.1) is 0 Å². The zero-order valence-corrected chi connectivity index (χ0v) is 12.7. The van der Waals surface area contributed by atoms with E-state index in [1.807, 2.05) is 13.8 Å². The fraction of sp³-hybridized carbons (Fsp3) is 0.786. The van der Waals surface area contributed by atoms with Gasteiger partial charge in [0.1, 0.15) is 0 Å². The number of carbonyl (C=O) groups is 3. The molecule has 1 rings (SSSR count). The average Bonchev–Trinajstić information content (AvgIpc) is 2.38. The molecule has 4 N–H and O–H groups in total. The van der Waals surface area contributed by atoms with Gasteiger partial charge < -0.3 is 21.1 Å². The van der Waals surface area contributed by atoms with E-state index in [9.17, 15) is 14.4 Å². The molecule has 7 heteroatoms. The fourth-order valence-electron chi connectivity index (χ4n) is 2.55. The Kier molecular flexibility index (Phi) is 6.45. The van der Waals surface area contributed by atoms with Gasteiger partial charge in [0.15, 0.2) is 0 Å². The molecule has 0 aromatic heterocycles. The average molecular weight is 299 g/mol. The number of aliphatic carboxylic acids is 1. The predicted molar refractivity (Wildman–Crippen MR) is 77.6 cm³/mol. The van der Waals surface area contributed by atoms with Gasteiger partial charge in [-0.2, -0.15) is 0 Å². The lowest BCUT2D eigenvalue weighted by molar-refractivity contribution is -0.137. The number of hydrogen-bond acceptors (Lipinski definition) is 3. The van der Waals surface area contributed by atoms with E-state index in [1.165, 1.54) is 0 Å². The van der Waals surface area contributed by atoms with E-state index < -0.39 is 5.97 Å². The Hall–Kier alpha value is -1.79. The third kappa shape index (κ3) is 5.61. The number of hydrogen-bond donors (Lipinski definition) is 3. The zero-order valence-electron chi connectivity index (χ0n) is 12.7. The Bertz CT molecular complexity index is 400. The van der Waals surface area contributed by atoms with Crippen LogP contribution in [-0.4, -0.2) is 46.5 Å². The van der Waals surface area contributed by atoms with E-state index in [2.05, 4.69) is 5.32 Å². The number of urea groups is 1. The number of piperidine rings is 1. The van der Waals surface area contributed by atoms with Crippen LogP contribution in [0, 0.1) is 5.92 Å². The van der Waals surface area contributed by atoms with E-state index in [0.717, 1.165) is 6.42 Å². The molecule has 3 amide bonds. The van der Waals surface area contributed by atoms with Crippen molar-refractivity contribution in [2.45, 2.75) is 58.0 Å². The molecule has 0 aliphatic carbocycles. The second-order valence-corrected chi connectivity index (χ2v) is 5.81. The fourth-order valence-corrected chi connectivity index (χ4v) is 2.55. The SMILES string of the molecule is CC(CCCC(=O)O)NC(=O)N1CC(C(N)=O)CCC1C. The largest absolute Gasteiger partial charge is 0.481 e. The van der Waals surface area contributed by atoms with Crippen LogP contribution in [0.25, 0.3) is 0 Å².